The van der Waals surface area contributed by atoms with Gasteiger partial charge in [-0.3, -0.25) is 0 Å². The van der Waals surface area contributed by atoms with Crippen LogP contribution in [0.4, 0.5) is 4.39 Å². The molecule has 0 bridgehead atoms. The minimum absolute atomic E-state index is 0.166. The smallest absolute Gasteiger partial charge is 0.125 e. The Balaban J connectivity index is 2.49. The van der Waals surface area contributed by atoms with Gasteiger partial charge in [-0.2, -0.15) is 0 Å². The molecular formula is C13H17FN2. The zero-order valence-electron chi connectivity index (χ0n) is 9.76. The molecule has 16 heavy (non-hydrogen) atoms. The zero-order chi connectivity index (χ0) is 11.5. The third-order valence-electron chi connectivity index (χ3n) is 2.90. The van der Waals surface area contributed by atoms with E-state index >= 15 is 0 Å². The number of hydrogen-bond acceptors (Lipinski definition) is 1. The molecule has 0 aliphatic heterocycles. The summed E-state index contributed by atoms with van der Waals surface area (Å²) in [5.74, 6) is -0.166. The second-order valence-corrected chi connectivity index (χ2v) is 3.94. The summed E-state index contributed by atoms with van der Waals surface area (Å²) in [5, 5.41) is 4.26. The number of aromatic nitrogens is 1. The van der Waals surface area contributed by atoms with Crippen molar-refractivity contribution in [3.8, 4) is 0 Å². The summed E-state index contributed by atoms with van der Waals surface area (Å²) < 4.78 is 15.4. The quantitative estimate of drug-likeness (QED) is 0.838. The van der Waals surface area contributed by atoms with Gasteiger partial charge in [-0.15, -0.1) is 0 Å². The summed E-state index contributed by atoms with van der Waals surface area (Å²) in [6.07, 6.45) is 0.973. The van der Waals surface area contributed by atoms with Gasteiger partial charge in [-0.05, 0) is 38.2 Å². The summed E-state index contributed by atoms with van der Waals surface area (Å²) in [5.41, 5.74) is 2.26. The van der Waals surface area contributed by atoms with Crippen molar-refractivity contribution in [3.05, 3.63) is 35.8 Å². The lowest BCUT2D eigenvalue weighted by molar-refractivity contribution is 0.627. The Hall–Kier alpha value is -1.35. The Morgan fingerprint density at radius 1 is 1.31 bits per heavy atom. The van der Waals surface area contributed by atoms with Crippen LogP contribution in [0.3, 0.4) is 0 Å². The van der Waals surface area contributed by atoms with Gasteiger partial charge in [-0.25, -0.2) is 4.39 Å². The van der Waals surface area contributed by atoms with Gasteiger partial charge >= 0.3 is 0 Å². The van der Waals surface area contributed by atoms with Crippen LogP contribution in [0, 0.1) is 5.82 Å². The van der Waals surface area contributed by atoms with E-state index < -0.39 is 0 Å². The number of fused-ring (bicyclic) bond motifs is 1. The molecule has 0 saturated heterocycles. The molecule has 2 nitrogen and oxygen atoms in total. The maximum absolute atomic E-state index is 13.2. The molecule has 1 heterocycles. The lowest BCUT2D eigenvalue weighted by Gasteiger charge is -2.07. The van der Waals surface area contributed by atoms with E-state index in [1.165, 1.54) is 11.8 Å². The van der Waals surface area contributed by atoms with E-state index in [1.807, 2.05) is 13.1 Å². The summed E-state index contributed by atoms with van der Waals surface area (Å²) in [6, 6.07) is 7.13. The van der Waals surface area contributed by atoms with Gasteiger partial charge in [0.2, 0.25) is 0 Å². The second-order valence-electron chi connectivity index (χ2n) is 3.94. The number of likely N-dealkylation sites (N-methyl/N-ethyl adjacent to an activating group) is 1. The van der Waals surface area contributed by atoms with Crippen LogP contribution in [0.25, 0.3) is 10.9 Å². The first-order valence-electron chi connectivity index (χ1n) is 5.68. The van der Waals surface area contributed by atoms with Crippen LogP contribution in [-0.4, -0.2) is 18.2 Å². The fourth-order valence-corrected chi connectivity index (χ4v) is 2.12. The number of rotatable bonds is 4. The van der Waals surface area contributed by atoms with E-state index in [-0.39, 0.29) is 5.82 Å². The van der Waals surface area contributed by atoms with Crippen molar-refractivity contribution in [2.24, 2.45) is 0 Å². The number of aryl methyl sites for hydroxylation is 1. The van der Waals surface area contributed by atoms with Gasteiger partial charge in [0.15, 0.2) is 0 Å². The highest BCUT2D eigenvalue weighted by Gasteiger charge is 2.07. The Morgan fingerprint density at radius 2 is 2.12 bits per heavy atom. The molecule has 2 rings (SSSR count). The average molecular weight is 220 g/mol. The zero-order valence-corrected chi connectivity index (χ0v) is 9.76. The molecule has 0 aliphatic rings. The van der Waals surface area contributed by atoms with Crippen molar-refractivity contribution in [1.29, 1.82) is 0 Å². The maximum Gasteiger partial charge on any atom is 0.125 e. The van der Waals surface area contributed by atoms with Gasteiger partial charge in [0.25, 0.3) is 0 Å². The molecule has 0 spiro atoms. The monoisotopic (exact) mass is 220 g/mol. The molecule has 0 atom stereocenters. The van der Waals surface area contributed by atoms with Crippen LogP contribution in [-0.2, 0) is 13.0 Å². The Kier molecular flexibility index (Phi) is 3.25. The first-order chi connectivity index (χ1) is 7.76. The molecule has 3 heteroatoms. The van der Waals surface area contributed by atoms with Crippen LogP contribution in [0.2, 0.25) is 0 Å². The fourth-order valence-electron chi connectivity index (χ4n) is 2.12. The highest BCUT2D eigenvalue weighted by molar-refractivity contribution is 5.81. The Morgan fingerprint density at radius 3 is 2.81 bits per heavy atom. The highest BCUT2D eigenvalue weighted by atomic mass is 19.1. The molecule has 86 valence electrons. The lowest BCUT2D eigenvalue weighted by atomic mass is 10.2. The minimum Gasteiger partial charge on any atom is -0.345 e. The van der Waals surface area contributed by atoms with E-state index in [4.69, 9.17) is 0 Å². The molecule has 0 fully saturated rings. The Bertz CT molecular complexity index is 488. The standard InChI is InChI=1S/C13H17FN2/c1-3-16-12(6-7-15-2)8-10-4-5-11(14)9-13(10)16/h4-5,8-9,15H,3,6-7H2,1-2H3. The third-order valence-corrected chi connectivity index (χ3v) is 2.90. The predicted octanol–water partition coefficient (Wildman–Crippen LogP) is 2.56. The number of benzene rings is 1. The molecule has 0 amide bonds. The number of hydrogen-bond donors (Lipinski definition) is 1. The molecule has 1 N–H and O–H groups in total. The van der Waals surface area contributed by atoms with Gasteiger partial charge in [0, 0.05) is 30.6 Å². The van der Waals surface area contributed by atoms with E-state index in [0.717, 1.165) is 30.4 Å². The van der Waals surface area contributed by atoms with Crippen molar-refractivity contribution in [1.82, 2.24) is 9.88 Å². The van der Waals surface area contributed by atoms with Crippen molar-refractivity contribution < 1.29 is 4.39 Å². The largest absolute Gasteiger partial charge is 0.345 e. The summed E-state index contributed by atoms with van der Waals surface area (Å²) in [6.45, 7) is 3.91. The van der Waals surface area contributed by atoms with Crippen LogP contribution >= 0.6 is 0 Å². The molecule has 0 saturated carbocycles. The van der Waals surface area contributed by atoms with Crippen molar-refractivity contribution >= 4 is 10.9 Å². The topological polar surface area (TPSA) is 17.0 Å². The molecule has 2 aromatic rings. The fraction of sp³-hybridized carbons (Fsp3) is 0.385. The van der Waals surface area contributed by atoms with E-state index in [1.54, 1.807) is 6.07 Å². The average Bonchev–Trinajstić information content (AvgIpc) is 2.63. The van der Waals surface area contributed by atoms with Crippen molar-refractivity contribution in [2.45, 2.75) is 19.9 Å². The molecule has 0 aliphatic carbocycles. The molecule has 1 aromatic carbocycles. The molecule has 0 unspecified atom stereocenters. The summed E-state index contributed by atoms with van der Waals surface area (Å²) in [7, 11) is 1.94. The first-order valence-corrected chi connectivity index (χ1v) is 5.68. The minimum atomic E-state index is -0.166. The SMILES string of the molecule is CCn1c(CCNC)cc2ccc(F)cc21. The Labute approximate surface area is 95.1 Å². The summed E-state index contributed by atoms with van der Waals surface area (Å²) in [4.78, 5) is 0. The molecular weight excluding hydrogens is 203 g/mol. The van der Waals surface area contributed by atoms with Crippen molar-refractivity contribution in [3.63, 3.8) is 0 Å². The maximum atomic E-state index is 13.2. The molecule has 0 radical (unpaired) electrons. The predicted molar refractivity (Wildman–Crippen MR) is 65.2 cm³/mol. The van der Waals surface area contributed by atoms with Crippen LogP contribution in [0.1, 0.15) is 12.6 Å². The molecule has 1 aromatic heterocycles. The van der Waals surface area contributed by atoms with Crippen LogP contribution in [0.5, 0.6) is 0 Å². The highest BCUT2D eigenvalue weighted by Crippen LogP contribution is 2.21. The van der Waals surface area contributed by atoms with Crippen LogP contribution < -0.4 is 5.32 Å². The van der Waals surface area contributed by atoms with Gasteiger partial charge in [0.05, 0.1) is 5.52 Å². The third kappa shape index (κ3) is 1.95. The summed E-state index contributed by atoms with van der Waals surface area (Å²) >= 11 is 0. The van der Waals surface area contributed by atoms with Crippen LogP contribution in [0.15, 0.2) is 24.3 Å². The van der Waals surface area contributed by atoms with E-state index in [2.05, 4.69) is 22.9 Å². The number of nitrogens with zero attached hydrogens (tertiary/aromatic N) is 1. The van der Waals surface area contributed by atoms with E-state index in [9.17, 15) is 4.39 Å². The number of nitrogens with one attached hydrogen (secondary N) is 1. The normalized spacial score (nSPS) is 11.2. The lowest BCUT2D eigenvalue weighted by Crippen LogP contribution is -2.12. The van der Waals surface area contributed by atoms with Gasteiger partial charge in [0.1, 0.15) is 5.82 Å². The van der Waals surface area contributed by atoms with Gasteiger partial charge < -0.3 is 9.88 Å². The van der Waals surface area contributed by atoms with E-state index in [0.29, 0.717) is 0 Å². The second kappa shape index (κ2) is 4.66. The van der Waals surface area contributed by atoms with Gasteiger partial charge in [-0.1, -0.05) is 0 Å². The first kappa shape index (κ1) is 11.1. The number of halogens is 1. The van der Waals surface area contributed by atoms with Crippen molar-refractivity contribution in [2.75, 3.05) is 13.6 Å².